The number of rotatable bonds is 5. The van der Waals surface area contributed by atoms with Crippen molar-refractivity contribution in [1.29, 1.82) is 0 Å². The van der Waals surface area contributed by atoms with E-state index in [4.69, 9.17) is 0 Å². The fraction of sp³-hybridized carbons (Fsp3) is 0.615. The summed E-state index contributed by atoms with van der Waals surface area (Å²) in [5, 5.41) is 19.1. The van der Waals surface area contributed by atoms with E-state index in [-0.39, 0.29) is 24.2 Å². The summed E-state index contributed by atoms with van der Waals surface area (Å²) in [6.45, 7) is 3.53. The molecule has 21 heavy (non-hydrogen) atoms. The predicted octanol–water partition coefficient (Wildman–Crippen LogP) is 2.81. The lowest BCUT2D eigenvalue weighted by atomic mass is 10.0. The zero-order valence-electron chi connectivity index (χ0n) is 11.7. The molecule has 0 aromatic carbocycles. The number of hydrogen-bond acceptors (Lipinski definition) is 4. The first-order valence-corrected chi connectivity index (χ1v) is 6.72. The molecule has 1 fully saturated rings. The van der Waals surface area contributed by atoms with Crippen molar-refractivity contribution in [2.75, 3.05) is 5.32 Å². The number of carboxylic acids is 1. The maximum absolute atomic E-state index is 13.0. The molecular weight excluding hydrogens is 287 g/mol. The molecule has 1 aliphatic rings. The van der Waals surface area contributed by atoms with Crippen molar-refractivity contribution in [3.63, 3.8) is 0 Å². The average molecular weight is 303 g/mol. The lowest BCUT2D eigenvalue weighted by Crippen LogP contribution is -2.39. The molecule has 1 aliphatic carbocycles. The standard InChI is InChI=1S/C13H16F3N3O2/c1-3-7-8(4-2)18-19-10(9(7)11(20)21)17-12(5-6-12)13(14,15)16/h3-6H2,1-2H3,(H,17,19)(H,20,21). The summed E-state index contributed by atoms with van der Waals surface area (Å²) >= 11 is 0. The third-order valence-electron chi connectivity index (χ3n) is 3.71. The molecule has 116 valence electrons. The fourth-order valence-corrected chi connectivity index (χ4v) is 2.32. The number of nitrogens with one attached hydrogen (secondary N) is 1. The van der Waals surface area contributed by atoms with E-state index in [2.05, 4.69) is 15.5 Å². The van der Waals surface area contributed by atoms with Gasteiger partial charge >= 0.3 is 12.1 Å². The topological polar surface area (TPSA) is 75.1 Å². The number of alkyl halides is 3. The molecule has 0 saturated heterocycles. The Morgan fingerprint density at radius 3 is 2.29 bits per heavy atom. The molecule has 1 aromatic rings. The van der Waals surface area contributed by atoms with Gasteiger partial charge in [0.15, 0.2) is 5.82 Å². The van der Waals surface area contributed by atoms with Gasteiger partial charge in [-0.05, 0) is 31.2 Å². The Bertz CT molecular complexity index is 569. The summed E-state index contributed by atoms with van der Waals surface area (Å²) in [5.41, 5.74) is -1.34. The van der Waals surface area contributed by atoms with E-state index < -0.39 is 17.7 Å². The number of anilines is 1. The van der Waals surface area contributed by atoms with E-state index in [1.807, 2.05) is 0 Å². The van der Waals surface area contributed by atoms with E-state index in [1.54, 1.807) is 13.8 Å². The van der Waals surface area contributed by atoms with Gasteiger partial charge in [0.25, 0.3) is 0 Å². The van der Waals surface area contributed by atoms with Crippen LogP contribution in [-0.4, -0.2) is 33.0 Å². The van der Waals surface area contributed by atoms with Gasteiger partial charge in [-0.2, -0.15) is 18.3 Å². The van der Waals surface area contributed by atoms with Gasteiger partial charge < -0.3 is 10.4 Å². The number of aromatic carboxylic acids is 1. The largest absolute Gasteiger partial charge is 0.478 e. The Labute approximate surface area is 119 Å². The van der Waals surface area contributed by atoms with Gasteiger partial charge in [-0.1, -0.05) is 13.8 Å². The van der Waals surface area contributed by atoms with Gasteiger partial charge in [0.2, 0.25) is 0 Å². The number of carbonyl (C=O) groups is 1. The molecule has 2 N–H and O–H groups in total. The minimum Gasteiger partial charge on any atom is -0.478 e. The molecule has 8 heteroatoms. The average Bonchev–Trinajstić information content (AvgIpc) is 3.18. The van der Waals surface area contributed by atoms with Crippen LogP contribution in [0.2, 0.25) is 0 Å². The lowest BCUT2D eigenvalue weighted by molar-refractivity contribution is -0.151. The van der Waals surface area contributed by atoms with Crippen LogP contribution in [0, 0.1) is 0 Å². The van der Waals surface area contributed by atoms with Crippen LogP contribution in [0.15, 0.2) is 0 Å². The van der Waals surface area contributed by atoms with Crippen LogP contribution >= 0.6 is 0 Å². The van der Waals surface area contributed by atoms with Gasteiger partial charge in [-0.3, -0.25) is 0 Å². The quantitative estimate of drug-likeness (QED) is 0.875. The molecule has 2 rings (SSSR count). The molecular formula is C13H16F3N3O2. The molecule has 0 spiro atoms. The lowest BCUT2D eigenvalue weighted by Gasteiger charge is -2.23. The number of aryl methyl sites for hydroxylation is 1. The van der Waals surface area contributed by atoms with Crippen molar-refractivity contribution >= 4 is 11.8 Å². The van der Waals surface area contributed by atoms with E-state index in [0.29, 0.717) is 24.1 Å². The third kappa shape index (κ3) is 2.66. The third-order valence-corrected chi connectivity index (χ3v) is 3.71. The highest BCUT2D eigenvalue weighted by Crippen LogP contribution is 2.51. The zero-order valence-corrected chi connectivity index (χ0v) is 11.7. The Hall–Kier alpha value is -1.86. The first-order chi connectivity index (χ1) is 9.75. The smallest absolute Gasteiger partial charge is 0.411 e. The second-order valence-corrected chi connectivity index (χ2v) is 5.07. The summed E-state index contributed by atoms with van der Waals surface area (Å²) in [5.74, 6) is -1.59. The van der Waals surface area contributed by atoms with Gasteiger partial charge in [0.1, 0.15) is 11.1 Å². The Balaban J connectivity index is 2.48. The molecule has 0 unspecified atom stereocenters. The normalized spacial score (nSPS) is 16.6. The maximum atomic E-state index is 13.0. The molecule has 0 aliphatic heterocycles. The number of halogens is 3. The molecule has 1 aromatic heterocycles. The molecule has 0 radical (unpaired) electrons. The van der Waals surface area contributed by atoms with Crippen LogP contribution in [0.5, 0.6) is 0 Å². The summed E-state index contributed by atoms with van der Waals surface area (Å²) < 4.78 is 39.0. The monoisotopic (exact) mass is 303 g/mol. The predicted molar refractivity (Wildman–Crippen MR) is 69.4 cm³/mol. The second kappa shape index (κ2) is 5.16. The van der Waals surface area contributed by atoms with Crippen molar-refractivity contribution in [3.05, 3.63) is 16.8 Å². The molecule has 0 bridgehead atoms. The summed E-state index contributed by atoms with van der Waals surface area (Å²) in [4.78, 5) is 11.4. The number of carboxylic acid groups (broad SMARTS) is 1. The van der Waals surface area contributed by atoms with E-state index in [9.17, 15) is 23.1 Å². The highest BCUT2D eigenvalue weighted by molar-refractivity contribution is 5.95. The van der Waals surface area contributed by atoms with Crippen molar-refractivity contribution in [2.24, 2.45) is 0 Å². The summed E-state index contributed by atoms with van der Waals surface area (Å²) in [6.07, 6.45) is -3.78. The van der Waals surface area contributed by atoms with Gasteiger partial charge in [-0.15, -0.1) is 5.10 Å². The van der Waals surface area contributed by atoms with Gasteiger partial charge in [0.05, 0.1) is 5.69 Å². The highest BCUT2D eigenvalue weighted by Gasteiger charge is 2.64. The van der Waals surface area contributed by atoms with Crippen molar-refractivity contribution < 1.29 is 23.1 Å². The Morgan fingerprint density at radius 2 is 1.90 bits per heavy atom. The van der Waals surface area contributed by atoms with Crippen LogP contribution in [0.3, 0.4) is 0 Å². The van der Waals surface area contributed by atoms with E-state index >= 15 is 0 Å². The summed E-state index contributed by atoms with van der Waals surface area (Å²) in [7, 11) is 0. The highest BCUT2D eigenvalue weighted by atomic mass is 19.4. The Morgan fingerprint density at radius 1 is 1.29 bits per heavy atom. The molecule has 5 nitrogen and oxygen atoms in total. The van der Waals surface area contributed by atoms with E-state index in [0.717, 1.165) is 0 Å². The first kappa shape index (κ1) is 15.5. The van der Waals surface area contributed by atoms with E-state index in [1.165, 1.54) is 0 Å². The maximum Gasteiger partial charge on any atom is 0.411 e. The second-order valence-electron chi connectivity index (χ2n) is 5.07. The number of hydrogen-bond donors (Lipinski definition) is 2. The van der Waals surface area contributed by atoms with Crippen LogP contribution < -0.4 is 5.32 Å². The summed E-state index contributed by atoms with van der Waals surface area (Å²) in [6, 6.07) is 0. The molecule has 0 amide bonds. The van der Waals surface area contributed by atoms with Crippen LogP contribution in [-0.2, 0) is 12.8 Å². The van der Waals surface area contributed by atoms with Crippen molar-refractivity contribution in [3.8, 4) is 0 Å². The van der Waals surface area contributed by atoms with Gasteiger partial charge in [0, 0.05) is 0 Å². The molecule has 1 heterocycles. The fourth-order valence-electron chi connectivity index (χ4n) is 2.32. The van der Waals surface area contributed by atoms with Crippen molar-refractivity contribution in [1.82, 2.24) is 10.2 Å². The Kier molecular flexibility index (Phi) is 3.81. The minimum atomic E-state index is -4.44. The zero-order chi connectivity index (χ0) is 15.8. The van der Waals surface area contributed by atoms with Crippen LogP contribution in [0.1, 0.15) is 48.3 Å². The number of aromatic nitrogens is 2. The minimum absolute atomic E-state index is 0.0891. The van der Waals surface area contributed by atoms with Crippen LogP contribution in [0.4, 0.5) is 19.0 Å². The first-order valence-electron chi connectivity index (χ1n) is 6.72. The number of nitrogens with zero attached hydrogens (tertiary/aromatic N) is 2. The van der Waals surface area contributed by atoms with Gasteiger partial charge in [-0.25, -0.2) is 4.79 Å². The molecule has 0 atom stereocenters. The van der Waals surface area contributed by atoms with Crippen molar-refractivity contribution in [2.45, 2.75) is 51.2 Å². The molecule has 1 saturated carbocycles. The van der Waals surface area contributed by atoms with Crippen LogP contribution in [0.25, 0.3) is 0 Å². The SMILES string of the molecule is CCc1nnc(NC2(C(F)(F)F)CC2)c(C(=O)O)c1CC.